The molecule has 0 bridgehead atoms. The van der Waals surface area contributed by atoms with Crippen LogP contribution in [0.25, 0.3) is 0 Å². The molecular weight excluding hydrogens is 451 g/mol. The van der Waals surface area contributed by atoms with Crippen LogP contribution in [0.1, 0.15) is 46.1 Å². The van der Waals surface area contributed by atoms with Crippen molar-refractivity contribution in [1.82, 2.24) is 15.3 Å². The van der Waals surface area contributed by atoms with Crippen molar-refractivity contribution >= 4 is 34.9 Å². The highest BCUT2D eigenvalue weighted by molar-refractivity contribution is 6.34. The molecular formula is C23H34Cl2N4O3. The van der Waals surface area contributed by atoms with Crippen molar-refractivity contribution in [3.05, 3.63) is 46.2 Å². The zero-order valence-corrected chi connectivity index (χ0v) is 21.0. The van der Waals surface area contributed by atoms with Gasteiger partial charge in [0.05, 0.1) is 19.8 Å². The number of carbonyl (C=O) groups excluding carboxylic acids is 1. The molecule has 1 aromatic heterocycles. The summed E-state index contributed by atoms with van der Waals surface area (Å²) in [7, 11) is 1.51. The Morgan fingerprint density at radius 2 is 1.94 bits per heavy atom. The zero-order chi connectivity index (χ0) is 23.9. The SMILES string of the molecule is CC.CC(=O)NCCOC1CC(C)C1.COc1ncnc(NCc2cccc(Cl)c2)c1Cl. The Labute approximate surface area is 201 Å². The van der Waals surface area contributed by atoms with Crippen molar-refractivity contribution in [2.45, 2.75) is 53.2 Å². The van der Waals surface area contributed by atoms with Crippen LogP contribution >= 0.6 is 23.2 Å². The van der Waals surface area contributed by atoms with Crippen LogP contribution in [0.3, 0.4) is 0 Å². The lowest BCUT2D eigenvalue weighted by atomic mass is 9.84. The third-order valence-corrected chi connectivity index (χ3v) is 5.04. The van der Waals surface area contributed by atoms with Gasteiger partial charge in [-0.2, -0.15) is 0 Å². The highest BCUT2D eigenvalue weighted by Crippen LogP contribution is 2.29. The quantitative estimate of drug-likeness (QED) is 0.489. The smallest absolute Gasteiger partial charge is 0.237 e. The van der Waals surface area contributed by atoms with Gasteiger partial charge >= 0.3 is 0 Å². The second-order valence-corrected chi connectivity index (χ2v) is 7.90. The van der Waals surface area contributed by atoms with E-state index in [0.717, 1.165) is 11.5 Å². The van der Waals surface area contributed by atoms with Gasteiger partial charge in [0.25, 0.3) is 0 Å². The molecule has 0 radical (unpaired) electrons. The summed E-state index contributed by atoms with van der Waals surface area (Å²) in [6.07, 6.45) is 4.21. The molecule has 1 aliphatic carbocycles. The van der Waals surface area contributed by atoms with Gasteiger partial charge in [-0.3, -0.25) is 4.79 Å². The number of carbonyl (C=O) groups is 1. The van der Waals surface area contributed by atoms with Gasteiger partial charge in [-0.05, 0) is 36.5 Å². The van der Waals surface area contributed by atoms with E-state index in [1.165, 1.54) is 33.2 Å². The number of nitrogens with zero attached hydrogens (tertiary/aromatic N) is 2. The highest BCUT2D eigenvalue weighted by atomic mass is 35.5. The summed E-state index contributed by atoms with van der Waals surface area (Å²) in [5.74, 6) is 1.72. The number of rotatable bonds is 8. The van der Waals surface area contributed by atoms with Crippen molar-refractivity contribution in [3.8, 4) is 5.88 Å². The van der Waals surface area contributed by atoms with Gasteiger partial charge in [-0.1, -0.05) is 56.1 Å². The fraction of sp³-hybridized carbons (Fsp3) is 0.522. The van der Waals surface area contributed by atoms with E-state index >= 15 is 0 Å². The summed E-state index contributed by atoms with van der Waals surface area (Å²) in [6, 6.07) is 7.55. The van der Waals surface area contributed by atoms with Crippen LogP contribution in [0.5, 0.6) is 5.88 Å². The van der Waals surface area contributed by atoms with E-state index in [1.807, 2.05) is 38.1 Å². The molecule has 1 amide bonds. The second kappa shape index (κ2) is 15.7. The Morgan fingerprint density at radius 3 is 2.53 bits per heavy atom. The Balaban J connectivity index is 0.000000318. The van der Waals surface area contributed by atoms with Crippen LogP contribution in [0, 0.1) is 5.92 Å². The molecule has 0 saturated heterocycles. The molecule has 2 aromatic rings. The Morgan fingerprint density at radius 1 is 1.22 bits per heavy atom. The van der Waals surface area contributed by atoms with E-state index in [2.05, 4.69) is 27.5 Å². The lowest BCUT2D eigenvalue weighted by molar-refractivity contribution is -0.119. The lowest BCUT2D eigenvalue weighted by Gasteiger charge is -2.32. The summed E-state index contributed by atoms with van der Waals surface area (Å²) in [4.78, 5) is 18.4. The number of methoxy groups -OCH3 is 1. The van der Waals surface area contributed by atoms with Gasteiger partial charge < -0.3 is 20.1 Å². The minimum absolute atomic E-state index is 0.0144. The van der Waals surface area contributed by atoms with Crippen LogP contribution in [-0.4, -0.2) is 42.2 Å². The Hall–Kier alpha value is -2.09. The topological polar surface area (TPSA) is 85.4 Å². The van der Waals surface area contributed by atoms with Crippen molar-refractivity contribution in [3.63, 3.8) is 0 Å². The number of nitrogens with one attached hydrogen (secondary N) is 2. The van der Waals surface area contributed by atoms with E-state index in [0.29, 0.717) is 47.5 Å². The van der Waals surface area contributed by atoms with Crippen LogP contribution in [0.15, 0.2) is 30.6 Å². The second-order valence-electron chi connectivity index (χ2n) is 7.08. The van der Waals surface area contributed by atoms with Crippen LogP contribution in [0.2, 0.25) is 10.0 Å². The molecule has 1 saturated carbocycles. The highest BCUT2D eigenvalue weighted by Gasteiger charge is 2.25. The summed E-state index contributed by atoms with van der Waals surface area (Å²) in [5, 5.41) is 6.86. The molecule has 9 heteroatoms. The third kappa shape index (κ3) is 10.5. The number of ether oxygens (including phenoxy) is 2. The summed E-state index contributed by atoms with van der Waals surface area (Å²) < 4.78 is 10.5. The van der Waals surface area contributed by atoms with E-state index in [4.69, 9.17) is 32.7 Å². The standard InChI is InChI=1S/C12H11Cl2N3O.C9H17NO2.C2H6/c1-18-12-10(14)11(16-7-17-12)15-6-8-3-2-4-9(13)5-8;1-7-5-9(6-7)12-4-3-10-8(2)11;1-2/h2-5,7H,6H2,1H3,(H,15,16,17);7,9H,3-6H2,1-2H3,(H,10,11);1-2H3. The monoisotopic (exact) mass is 484 g/mol. The molecule has 1 heterocycles. The Kier molecular flexibility index (Phi) is 13.7. The minimum Gasteiger partial charge on any atom is -0.480 e. The maximum Gasteiger partial charge on any atom is 0.237 e. The van der Waals surface area contributed by atoms with Crippen LogP contribution < -0.4 is 15.4 Å². The number of amides is 1. The summed E-state index contributed by atoms with van der Waals surface area (Å²) in [5.41, 5.74) is 1.04. The van der Waals surface area contributed by atoms with E-state index in [9.17, 15) is 4.79 Å². The average molecular weight is 485 g/mol. The molecule has 2 N–H and O–H groups in total. The van der Waals surface area contributed by atoms with Crippen molar-refractivity contribution in [1.29, 1.82) is 0 Å². The minimum atomic E-state index is 0.0144. The van der Waals surface area contributed by atoms with Gasteiger partial charge in [-0.15, -0.1) is 0 Å². The molecule has 0 atom stereocenters. The van der Waals surface area contributed by atoms with Gasteiger partial charge in [0.2, 0.25) is 11.8 Å². The third-order valence-electron chi connectivity index (χ3n) is 4.46. The molecule has 1 aliphatic rings. The number of anilines is 1. The van der Waals surface area contributed by atoms with Crippen molar-refractivity contribution < 1.29 is 14.3 Å². The normalized spacial score (nSPS) is 16.3. The van der Waals surface area contributed by atoms with Crippen LogP contribution in [-0.2, 0) is 16.1 Å². The maximum absolute atomic E-state index is 10.5. The molecule has 0 spiro atoms. The molecule has 0 unspecified atom stereocenters. The first kappa shape index (κ1) is 27.9. The predicted octanol–water partition coefficient (Wildman–Crippen LogP) is 5.37. The molecule has 32 heavy (non-hydrogen) atoms. The van der Waals surface area contributed by atoms with Crippen molar-refractivity contribution in [2.24, 2.45) is 5.92 Å². The van der Waals surface area contributed by atoms with Gasteiger partial charge in [-0.25, -0.2) is 9.97 Å². The number of aromatic nitrogens is 2. The van der Waals surface area contributed by atoms with Gasteiger partial charge in [0.15, 0.2) is 5.82 Å². The van der Waals surface area contributed by atoms with Crippen molar-refractivity contribution in [2.75, 3.05) is 25.6 Å². The summed E-state index contributed by atoms with van der Waals surface area (Å²) >= 11 is 12.0. The molecule has 0 aliphatic heterocycles. The first-order valence-electron chi connectivity index (χ1n) is 10.8. The largest absolute Gasteiger partial charge is 0.480 e. The lowest BCUT2D eigenvalue weighted by Crippen LogP contribution is -2.33. The van der Waals surface area contributed by atoms with E-state index < -0.39 is 0 Å². The number of halogens is 2. The number of hydrogen-bond donors (Lipinski definition) is 2. The Bertz CT molecular complexity index is 818. The fourth-order valence-corrected chi connectivity index (χ4v) is 3.32. The molecule has 1 aromatic carbocycles. The first-order chi connectivity index (χ1) is 15.4. The first-order valence-corrected chi connectivity index (χ1v) is 11.5. The van der Waals surface area contributed by atoms with Crippen LogP contribution in [0.4, 0.5) is 5.82 Å². The number of benzene rings is 1. The molecule has 3 rings (SSSR count). The van der Waals surface area contributed by atoms with Gasteiger partial charge in [0.1, 0.15) is 11.3 Å². The number of hydrogen-bond acceptors (Lipinski definition) is 6. The average Bonchev–Trinajstić information content (AvgIpc) is 2.76. The maximum atomic E-state index is 10.5. The zero-order valence-electron chi connectivity index (χ0n) is 19.5. The van der Waals surface area contributed by atoms with Gasteiger partial charge in [0, 0.05) is 25.0 Å². The van der Waals surface area contributed by atoms with E-state index in [1.54, 1.807) is 0 Å². The molecule has 7 nitrogen and oxygen atoms in total. The molecule has 178 valence electrons. The van der Waals surface area contributed by atoms with E-state index in [-0.39, 0.29) is 5.91 Å². The molecule has 1 fully saturated rings. The summed E-state index contributed by atoms with van der Waals surface area (Å²) in [6.45, 7) is 9.61. The fourth-order valence-electron chi connectivity index (χ4n) is 2.87. The predicted molar refractivity (Wildman–Crippen MR) is 131 cm³/mol.